The van der Waals surface area contributed by atoms with Crippen LogP contribution in [0.5, 0.6) is 0 Å². The van der Waals surface area contributed by atoms with Gasteiger partial charge in [0.15, 0.2) is 0 Å². The minimum absolute atomic E-state index is 0.301. The molecule has 0 bridgehead atoms. The van der Waals surface area contributed by atoms with Crippen LogP contribution in [-0.2, 0) is 11.3 Å². The Bertz CT molecular complexity index is 502. The molecule has 0 spiro atoms. The Balaban J connectivity index is 1.65. The van der Waals surface area contributed by atoms with Crippen LogP contribution in [0.1, 0.15) is 5.56 Å². The van der Waals surface area contributed by atoms with Crippen LogP contribution in [0.4, 0.5) is 5.69 Å². The van der Waals surface area contributed by atoms with Gasteiger partial charge in [-0.1, -0.05) is 41.9 Å². The minimum atomic E-state index is -0.547. The molecule has 0 aliphatic carbocycles. The smallest absolute Gasteiger partial charge is 0.0945 e. The molecule has 1 atom stereocenters. The Labute approximate surface area is 124 Å². The van der Waals surface area contributed by atoms with E-state index in [0.29, 0.717) is 24.8 Å². The summed E-state index contributed by atoms with van der Waals surface area (Å²) in [6, 6.07) is 17.3. The highest BCUT2D eigenvalue weighted by molar-refractivity contribution is 6.30. The number of halogens is 1. The molecule has 2 N–H and O–H groups in total. The summed E-state index contributed by atoms with van der Waals surface area (Å²) in [5, 5.41) is 13.7. The zero-order valence-corrected chi connectivity index (χ0v) is 11.9. The van der Waals surface area contributed by atoms with Crippen molar-refractivity contribution in [2.45, 2.75) is 12.7 Å². The lowest BCUT2D eigenvalue weighted by atomic mass is 10.2. The third kappa shape index (κ3) is 5.21. The molecular formula is C16H18ClNO2. The van der Waals surface area contributed by atoms with Gasteiger partial charge in [-0.25, -0.2) is 0 Å². The van der Waals surface area contributed by atoms with Crippen molar-refractivity contribution in [1.82, 2.24) is 0 Å². The number of ether oxygens (including phenoxy) is 1. The van der Waals surface area contributed by atoms with E-state index in [1.165, 1.54) is 0 Å². The molecule has 3 nitrogen and oxygen atoms in total. The average molecular weight is 292 g/mol. The largest absolute Gasteiger partial charge is 0.389 e. The fraction of sp³-hybridized carbons (Fsp3) is 0.250. The van der Waals surface area contributed by atoms with Crippen molar-refractivity contribution >= 4 is 17.3 Å². The maximum absolute atomic E-state index is 9.83. The highest BCUT2D eigenvalue weighted by atomic mass is 35.5. The molecule has 1 unspecified atom stereocenters. The van der Waals surface area contributed by atoms with Crippen LogP contribution in [0.25, 0.3) is 0 Å². The second-order valence-corrected chi connectivity index (χ2v) is 4.98. The predicted molar refractivity (Wildman–Crippen MR) is 82.0 cm³/mol. The monoisotopic (exact) mass is 291 g/mol. The van der Waals surface area contributed by atoms with Crippen LogP contribution in [0.15, 0.2) is 54.6 Å². The van der Waals surface area contributed by atoms with E-state index in [9.17, 15) is 5.11 Å². The molecule has 106 valence electrons. The third-order valence-electron chi connectivity index (χ3n) is 2.81. The van der Waals surface area contributed by atoms with Crippen molar-refractivity contribution in [3.8, 4) is 0 Å². The lowest BCUT2D eigenvalue weighted by Gasteiger charge is -2.13. The van der Waals surface area contributed by atoms with Crippen molar-refractivity contribution in [2.24, 2.45) is 0 Å². The molecule has 2 aromatic carbocycles. The van der Waals surface area contributed by atoms with Crippen molar-refractivity contribution in [2.75, 3.05) is 18.5 Å². The van der Waals surface area contributed by atoms with Crippen LogP contribution in [-0.4, -0.2) is 24.4 Å². The van der Waals surface area contributed by atoms with E-state index < -0.39 is 6.10 Å². The van der Waals surface area contributed by atoms with Gasteiger partial charge < -0.3 is 15.2 Å². The predicted octanol–water partition coefficient (Wildman–Crippen LogP) is 3.33. The molecule has 20 heavy (non-hydrogen) atoms. The molecule has 0 saturated heterocycles. The van der Waals surface area contributed by atoms with Crippen molar-refractivity contribution in [1.29, 1.82) is 0 Å². The van der Waals surface area contributed by atoms with E-state index in [0.717, 1.165) is 11.3 Å². The molecule has 4 heteroatoms. The van der Waals surface area contributed by atoms with Crippen molar-refractivity contribution in [3.63, 3.8) is 0 Å². The Morgan fingerprint density at radius 3 is 2.45 bits per heavy atom. The number of benzene rings is 2. The van der Waals surface area contributed by atoms with Gasteiger partial charge in [-0.3, -0.25) is 0 Å². The second-order valence-electron chi connectivity index (χ2n) is 4.54. The minimum Gasteiger partial charge on any atom is -0.389 e. The molecule has 0 aliphatic rings. The number of rotatable bonds is 7. The van der Waals surface area contributed by atoms with Gasteiger partial charge in [-0.2, -0.15) is 0 Å². The normalized spacial score (nSPS) is 12.1. The number of aliphatic hydroxyl groups excluding tert-OH is 1. The van der Waals surface area contributed by atoms with Gasteiger partial charge in [-0.05, 0) is 29.8 Å². The Morgan fingerprint density at radius 1 is 1.05 bits per heavy atom. The highest BCUT2D eigenvalue weighted by Gasteiger charge is 2.04. The summed E-state index contributed by atoms with van der Waals surface area (Å²) in [5.41, 5.74) is 2.03. The molecule has 2 aromatic rings. The molecule has 0 aromatic heterocycles. The zero-order valence-electron chi connectivity index (χ0n) is 11.1. The molecule has 0 radical (unpaired) electrons. The van der Waals surface area contributed by atoms with E-state index in [1.807, 2.05) is 54.6 Å². The first kappa shape index (κ1) is 14.9. The summed E-state index contributed by atoms with van der Waals surface area (Å²) in [6.07, 6.45) is -0.547. The van der Waals surface area contributed by atoms with Crippen LogP contribution in [0, 0.1) is 0 Å². The molecule has 0 aliphatic heterocycles. The third-order valence-corrected chi connectivity index (χ3v) is 3.06. The van der Waals surface area contributed by atoms with Crippen LogP contribution in [0.3, 0.4) is 0 Å². The van der Waals surface area contributed by atoms with Gasteiger partial charge in [0.2, 0.25) is 0 Å². The Morgan fingerprint density at radius 2 is 1.75 bits per heavy atom. The quantitative estimate of drug-likeness (QED) is 0.822. The van der Waals surface area contributed by atoms with Gasteiger partial charge in [0.25, 0.3) is 0 Å². The SMILES string of the molecule is OC(CNc1ccc(Cl)cc1)COCc1ccccc1. The van der Waals surface area contributed by atoms with Crippen LogP contribution in [0.2, 0.25) is 5.02 Å². The highest BCUT2D eigenvalue weighted by Crippen LogP contribution is 2.13. The van der Waals surface area contributed by atoms with E-state index in [4.69, 9.17) is 16.3 Å². The van der Waals surface area contributed by atoms with E-state index in [1.54, 1.807) is 0 Å². The second kappa shape index (κ2) is 7.90. The number of hydrogen-bond acceptors (Lipinski definition) is 3. The maximum Gasteiger partial charge on any atom is 0.0945 e. The molecule has 0 fully saturated rings. The van der Waals surface area contributed by atoms with E-state index in [2.05, 4.69) is 5.32 Å². The standard InChI is InChI=1S/C16H18ClNO2/c17-14-6-8-15(9-7-14)18-10-16(19)12-20-11-13-4-2-1-3-5-13/h1-9,16,18-19H,10-12H2. The van der Waals surface area contributed by atoms with Gasteiger partial charge in [-0.15, -0.1) is 0 Å². The summed E-state index contributed by atoms with van der Waals surface area (Å²) in [7, 11) is 0. The van der Waals surface area contributed by atoms with Gasteiger partial charge in [0.1, 0.15) is 0 Å². The first-order valence-corrected chi connectivity index (χ1v) is 6.91. The van der Waals surface area contributed by atoms with Crippen molar-refractivity contribution < 1.29 is 9.84 Å². The molecule has 0 saturated carbocycles. The molecule has 2 rings (SSSR count). The fourth-order valence-corrected chi connectivity index (χ4v) is 1.88. The van der Waals surface area contributed by atoms with Gasteiger partial charge in [0, 0.05) is 17.3 Å². The number of nitrogens with one attached hydrogen (secondary N) is 1. The first-order chi connectivity index (χ1) is 9.74. The molecular weight excluding hydrogens is 274 g/mol. The maximum atomic E-state index is 9.83. The summed E-state index contributed by atoms with van der Waals surface area (Å²) in [5.74, 6) is 0. The number of hydrogen-bond donors (Lipinski definition) is 2. The average Bonchev–Trinajstić information content (AvgIpc) is 2.48. The Hall–Kier alpha value is -1.55. The topological polar surface area (TPSA) is 41.5 Å². The van der Waals surface area contributed by atoms with Crippen LogP contribution >= 0.6 is 11.6 Å². The summed E-state index contributed by atoms with van der Waals surface area (Å²) >= 11 is 5.80. The molecule has 0 amide bonds. The van der Waals surface area contributed by atoms with Gasteiger partial charge >= 0.3 is 0 Å². The summed E-state index contributed by atoms with van der Waals surface area (Å²) in [6.45, 7) is 1.25. The number of anilines is 1. The Kier molecular flexibility index (Phi) is 5.87. The van der Waals surface area contributed by atoms with Crippen LogP contribution < -0.4 is 5.32 Å². The van der Waals surface area contributed by atoms with Gasteiger partial charge in [0.05, 0.1) is 19.3 Å². The fourth-order valence-electron chi connectivity index (χ4n) is 1.75. The molecule has 0 heterocycles. The van der Waals surface area contributed by atoms with E-state index >= 15 is 0 Å². The zero-order chi connectivity index (χ0) is 14.2. The lowest BCUT2D eigenvalue weighted by molar-refractivity contribution is 0.0348. The lowest BCUT2D eigenvalue weighted by Crippen LogP contribution is -2.24. The van der Waals surface area contributed by atoms with E-state index in [-0.39, 0.29) is 0 Å². The number of aliphatic hydroxyl groups is 1. The summed E-state index contributed by atoms with van der Waals surface area (Å²) < 4.78 is 5.48. The van der Waals surface area contributed by atoms with Crippen molar-refractivity contribution in [3.05, 3.63) is 65.2 Å². The first-order valence-electron chi connectivity index (χ1n) is 6.53. The summed E-state index contributed by atoms with van der Waals surface area (Å²) in [4.78, 5) is 0.